The molecule has 0 spiro atoms. The Labute approximate surface area is 98.5 Å². The molecule has 15 heavy (non-hydrogen) atoms. The van der Waals surface area contributed by atoms with Crippen LogP contribution in [0.15, 0.2) is 29.2 Å². The van der Waals surface area contributed by atoms with Gasteiger partial charge in [-0.2, -0.15) is 0 Å². The minimum atomic E-state index is 0.743. The van der Waals surface area contributed by atoms with Gasteiger partial charge in [-0.25, -0.2) is 0 Å². The smallest absolute Gasteiger partial charge is 0.00747 e. The van der Waals surface area contributed by atoms with Crippen LogP contribution in [0.25, 0.3) is 0 Å². The molecule has 1 aromatic carbocycles. The van der Waals surface area contributed by atoms with E-state index in [1.165, 1.54) is 35.5 Å². The van der Waals surface area contributed by atoms with E-state index in [-0.39, 0.29) is 0 Å². The molecule has 0 nitrogen and oxygen atoms in total. The third kappa shape index (κ3) is 3.90. The molecule has 0 saturated heterocycles. The second kappa shape index (κ2) is 6.95. The molecule has 0 aliphatic carbocycles. The monoisotopic (exact) mass is 222 g/mol. The first kappa shape index (κ1) is 12.6. The van der Waals surface area contributed by atoms with Crippen molar-refractivity contribution in [1.29, 1.82) is 0 Å². The molecule has 0 radical (unpaired) electrons. The topological polar surface area (TPSA) is 0 Å². The van der Waals surface area contributed by atoms with E-state index in [2.05, 4.69) is 45.0 Å². The van der Waals surface area contributed by atoms with Crippen LogP contribution >= 0.6 is 11.8 Å². The molecule has 0 aromatic heterocycles. The van der Waals surface area contributed by atoms with Gasteiger partial charge < -0.3 is 0 Å². The zero-order chi connectivity index (χ0) is 11.1. The van der Waals surface area contributed by atoms with Crippen LogP contribution < -0.4 is 0 Å². The van der Waals surface area contributed by atoms with E-state index in [4.69, 9.17) is 0 Å². The predicted molar refractivity (Wildman–Crippen MR) is 70.8 cm³/mol. The standard InChI is InChI=1S/C14H22S/c1-4-10-15-14-9-7-8-13(11-14)12(5-2)6-3/h7-9,11-12H,4-6,10H2,1-3H3. The van der Waals surface area contributed by atoms with Gasteiger partial charge in [-0.15, -0.1) is 11.8 Å². The molecule has 0 heterocycles. The Bertz CT molecular complexity index is 276. The van der Waals surface area contributed by atoms with Crippen molar-refractivity contribution in [2.24, 2.45) is 0 Å². The summed E-state index contributed by atoms with van der Waals surface area (Å²) in [6.07, 6.45) is 3.75. The molecule has 1 rings (SSSR count). The predicted octanol–water partition coefficient (Wildman–Crippen LogP) is 5.09. The van der Waals surface area contributed by atoms with Crippen LogP contribution in [0.2, 0.25) is 0 Å². The molecule has 0 amide bonds. The average molecular weight is 222 g/mol. The third-order valence-electron chi connectivity index (χ3n) is 2.79. The maximum Gasteiger partial charge on any atom is 0.00747 e. The van der Waals surface area contributed by atoms with E-state index < -0.39 is 0 Å². The second-order valence-corrected chi connectivity index (χ2v) is 5.10. The highest BCUT2D eigenvalue weighted by Gasteiger charge is 2.06. The van der Waals surface area contributed by atoms with Gasteiger partial charge in [0.1, 0.15) is 0 Å². The highest BCUT2D eigenvalue weighted by atomic mass is 32.2. The molecule has 0 aliphatic rings. The molecular weight excluding hydrogens is 200 g/mol. The van der Waals surface area contributed by atoms with E-state index in [0.29, 0.717) is 0 Å². The molecule has 0 atom stereocenters. The van der Waals surface area contributed by atoms with Gasteiger partial charge in [-0.1, -0.05) is 32.9 Å². The summed E-state index contributed by atoms with van der Waals surface area (Å²) in [5.41, 5.74) is 1.51. The Morgan fingerprint density at radius 3 is 2.47 bits per heavy atom. The average Bonchev–Trinajstić information content (AvgIpc) is 2.29. The Morgan fingerprint density at radius 2 is 1.87 bits per heavy atom. The van der Waals surface area contributed by atoms with Crippen molar-refractivity contribution < 1.29 is 0 Å². The molecule has 0 aliphatic heterocycles. The molecular formula is C14H22S. The summed E-state index contributed by atoms with van der Waals surface area (Å²) >= 11 is 1.97. The summed E-state index contributed by atoms with van der Waals surface area (Å²) in [6.45, 7) is 6.79. The van der Waals surface area contributed by atoms with Gasteiger partial charge in [-0.05, 0) is 48.6 Å². The normalized spacial score (nSPS) is 10.9. The van der Waals surface area contributed by atoms with Crippen molar-refractivity contribution in [2.45, 2.75) is 50.8 Å². The highest BCUT2D eigenvalue weighted by Crippen LogP contribution is 2.27. The fourth-order valence-electron chi connectivity index (χ4n) is 1.84. The molecule has 84 valence electrons. The van der Waals surface area contributed by atoms with Gasteiger partial charge in [0.2, 0.25) is 0 Å². The van der Waals surface area contributed by atoms with Crippen LogP contribution in [-0.4, -0.2) is 5.75 Å². The highest BCUT2D eigenvalue weighted by molar-refractivity contribution is 7.99. The van der Waals surface area contributed by atoms with Crippen molar-refractivity contribution in [1.82, 2.24) is 0 Å². The molecule has 0 bridgehead atoms. The lowest BCUT2D eigenvalue weighted by molar-refractivity contribution is 0.640. The maximum absolute atomic E-state index is 2.37. The number of hydrogen-bond acceptors (Lipinski definition) is 1. The summed E-state index contributed by atoms with van der Waals surface area (Å²) in [7, 11) is 0. The van der Waals surface area contributed by atoms with Crippen molar-refractivity contribution in [3.8, 4) is 0 Å². The summed E-state index contributed by atoms with van der Waals surface area (Å²) in [5.74, 6) is 1.97. The second-order valence-electron chi connectivity index (χ2n) is 3.93. The van der Waals surface area contributed by atoms with Crippen molar-refractivity contribution >= 4 is 11.8 Å². The van der Waals surface area contributed by atoms with Crippen LogP contribution in [0.5, 0.6) is 0 Å². The van der Waals surface area contributed by atoms with E-state index in [1.54, 1.807) is 0 Å². The van der Waals surface area contributed by atoms with Crippen LogP contribution in [0, 0.1) is 0 Å². The van der Waals surface area contributed by atoms with E-state index in [0.717, 1.165) is 5.92 Å². The van der Waals surface area contributed by atoms with Crippen molar-refractivity contribution in [3.05, 3.63) is 29.8 Å². The Kier molecular flexibility index (Phi) is 5.85. The SMILES string of the molecule is CCCSc1cccc(C(CC)CC)c1. The van der Waals surface area contributed by atoms with E-state index in [1.807, 2.05) is 11.8 Å². The summed E-state index contributed by atoms with van der Waals surface area (Å²) in [6, 6.07) is 9.07. The lowest BCUT2D eigenvalue weighted by atomic mass is 9.94. The fourth-order valence-corrected chi connectivity index (χ4v) is 2.67. The first-order valence-electron chi connectivity index (χ1n) is 6.04. The summed E-state index contributed by atoms with van der Waals surface area (Å²) in [5, 5.41) is 0. The van der Waals surface area contributed by atoms with Crippen LogP contribution in [0.4, 0.5) is 0 Å². The van der Waals surface area contributed by atoms with Gasteiger partial charge in [0.15, 0.2) is 0 Å². The third-order valence-corrected chi connectivity index (χ3v) is 3.99. The van der Waals surface area contributed by atoms with E-state index >= 15 is 0 Å². The molecule has 0 fully saturated rings. The maximum atomic E-state index is 2.37. The van der Waals surface area contributed by atoms with Crippen LogP contribution in [0.3, 0.4) is 0 Å². The zero-order valence-corrected chi connectivity index (χ0v) is 10.9. The Hall–Kier alpha value is -0.430. The lowest BCUT2D eigenvalue weighted by Crippen LogP contribution is -1.95. The first-order chi connectivity index (χ1) is 7.31. The number of benzene rings is 1. The Morgan fingerprint density at radius 1 is 1.13 bits per heavy atom. The minimum Gasteiger partial charge on any atom is -0.126 e. The van der Waals surface area contributed by atoms with Crippen molar-refractivity contribution in [3.63, 3.8) is 0 Å². The van der Waals surface area contributed by atoms with Gasteiger partial charge in [0.05, 0.1) is 0 Å². The van der Waals surface area contributed by atoms with Gasteiger partial charge in [0.25, 0.3) is 0 Å². The van der Waals surface area contributed by atoms with Crippen LogP contribution in [0.1, 0.15) is 51.5 Å². The number of thioether (sulfide) groups is 1. The summed E-state index contributed by atoms with van der Waals surface area (Å²) in [4.78, 5) is 1.43. The summed E-state index contributed by atoms with van der Waals surface area (Å²) < 4.78 is 0. The van der Waals surface area contributed by atoms with Gasteiger partial charge >= 0.3 is 0 Å². The van der Waals surface area contributed by atoms with Gasteiger partial charge in [0, 0.05) is 4.90 Å². The van der Waals surface area contributed by atoms with Crippen molar-refractivity contribution in [2.75, 3.05) is 5.75 Å². The zero-order valence-electron chi connectivity index (χ0n) is 10.1. The molecule has 0 unspecified atom stereocenters. The Balaban J connectivity index is 2.72. The van der Waals surface area contributed by atoms with Crippen LogP contribution in [-0.2, 0) is 0 Å². The molecule has 1 heteroatoms. The molecule has 0 N–H and O–H groups in total. The number of hydrogen-bond donors (Lipinski definition) is 0. The molecule has 1 aromatic rings. The first-order valence-corrected chi connectivity index (χ1v) is 7.03. The molecule has 0 saturated carbocycles. The fraction of sp³-hybridized carbons (Fsp3) is 0.571. The quantitative estimate of drug-likeness (QED) is 0.604. The van der Waals surface area contributed by atoms with Gasteiger partial charge in [-0.3, -0.25) is 0 Å². The largest absolute Gasteiger partial charge is 0.126 e. The van der Waals surface area contributed by atoms with E-state index in [9.17, 15) is 0 Å². The number of rotatable bonds is 6. The minimum absolute atomic E-state index is 0.743. The lowest BCUT2D eigenvalue weighted by Gasteiger charge is -2.13.